The van der Waals surface area contributed by atoms with Crippen LogP contribution in [-0.4, -0.2) is 29.1 Å². The zero-order chi connectivity index (χ0) is 13.1. The van der Waals surface area contributed by atoms with Crippen molar-refractivity contribution < 1.29 is 5.11 Å². The largest absolute Gasteiger partial charge is 0.508 e. The molecule has 0 saturated heterocycles. The summed E-state index contributed by atoms with van der Waals surface area (Å²) in [4.78, 5) is 2.44. The molecule has 1 fully saturated rings. The van der Waals surface area contributed by atoms with E-state index in [0.29, 0.717) is 23.9 Å². The second-order valence-electron chi connectivity index (χ2n) is 5.50. The molecule has 0 aromatic heterocycles. The van der Waals surface area contributed by atoms with Gasteiger partial charge in [-0.2, -0.15) is 0 Å². The van der Waals surface area contributed by atoms with E-state index in [2.05, 4.69) is 18.9 Å². The van der Waals surface area contributed by atoms with Crippen molar-refractivity contribution in [3.8, 4) is 5.75 Å². The fourth-order valence-electron chi connectivity index (χ4n) is 2.81. The van der Waals surface area contributed by atoms with Gasteiger partial charge in [0, 0.05) is 18.1 Å². The monoisotopic (exact) mass is 248 g/mol. The normalized spacial score (nSPS) is 26.2. The van der Waals surface area contributed by atoms with Crippen LogP contribution in [0.15, 0.2) is 24.3 Å². The molecule has 1 unspecified atom stereocenters. The number of phenols is 1. The summed E-state index contributed by atoms with van der Waals surface area (Å²) < 4.78 is 0. The number of nitrogens with two attached hydrogens (primary N) is 1. The highest BCUT2D eigenvalue weighted by Crippen LogP contribution is 2.28. The Morgan fingerprint density at radius 2 is 1.72 bits per heavy atom. The molecule has 18 heavy (non-hydrogen) atoms. The molecule has 2 rings (SSSR count). The molecule has 0 radical (unpaired) electrons. The zero-order valence-electron chi connectivity index (χ0n) is 11.3. The van der Waals surface area contributed by atoms with E-state index in [-0.39, 0.29) is 0 Å². The third-order valence-electron chi connectivity index (χ3n) is 4.30. The highest BCUT2D eigenvalue weighted by atomic mass is 16.3. The van der Waals surface area contributed by atoms with Crippen LogP contribution in [0.5, 0.6) is 5.75 Å². The minimum Gasteiger partial charge on any atom is -0.508 e. The standard InChI is InChI=1S/C15H24N2O/c1-11(12-3-9-15(18)10-4-12)17(2)14-7-5-13(16)6-8-14/h3-4,9-11,13-14,18H,5-8,16H2,1-2H3. The quantitative estimate of drug-likeness (QED) is 0.864. The molecular formula is C15H24N2O. The Morgan fingerprint density at radius 1 is 1.17 bits per heavy atom. The van der Waals surface area contributed by atoms with Gasteiger partial charge in [-0.15, -0.1) is 0 Å². The number of hydrogen-bond acceptors (Lipinski definition) is 3. The van der Waals surface area contributed by atoms with E-state index < -0.39 is 0 Å². The summed E-state index contributed by atoms with van der Waals surface area (Å²) in [5.41, 5.74) is 7.21. The number of benzene rings is 1. The van der Waals surface area contributed by atoms with Gasteiger partial charge >= 0.3 is 0 Å². The molecular weight excluding hydrogens is 224 g/mol. The van der Waals surface area contributed by atoms with Crippen LogP contribution >= 0.6 is 0 Å². The maximum Gasteiger partial charge on any atom is 0.115 e. The molecule has 0 heterocycles. The molecule has 0 bridgehead atoms. The minimum atomic E-state index is 0.331. The maximum atomic E-state index is 9.33. The molecule has 1 atom stereocenters. The van der Waals surface area contributed by atoms with Crippen LogP contribution in [-0.2, 0) is 0 Å². The van der Waals surface area contributed by atoms with E-state index in [9.17, 15) is 5.11 Å². The minimum absolute atomic E-state index is 0.331. The van der Waals surface area contributed by atoms with Crippen LogP contribution in [0.25, 0.3) is 0 Å². The first kappa shape index (κ1) is 13.4. The van der Waals surface area contributed by atoms with Crippen molar-refractivity contribution in [1.29, 1.82) is 0 Å². The first-order valence-corrected chi connectivity index (χ1v) is 6.84. The Balaban J connectivity index is 1.99. The maximum absolute atomic E-state index is 9.33. The second-order valence-corrected chi connectivity index (χ2v) is 5.50. The first-order chi connectivity index (χ1) is 8.58. The molecule has 100 valence electrons. The van der Waals surface area contributed by atoms with E-state index >= 15 is 0 Å². The van der Waals surface area contributed by atoms with Crippen molar-refractivity contribution in [2.45, 2.75) is 50.7 Å². The van der Waals surface area contributed by atoms with Gasteiger partial charge in [-0.05, 0) is 57.4 Å². The van der Waals surface area contributed by atoms with Crippen molar-refractivity contribution >= 4 is 0 Å². The van der Waals surface area contributed by atoms with Crippen LogP contribution in [0.2, 0.25) is 0 Å². The Morgan fingerprint density at radius 3 is 2.28 bits per heavy atom. The van der Waals surface area contributed by atoms with Gasteiger partial charge in [0.1, 0.15) is 5.75 Å². The predicted molar refractivity (Wildman–Crippen MR) is 74.5 cm³/mol. The summed E-state index contributed by atoms with van der Waals surface area (Å²) >= 11 is 0. The van der Waals surface area contributed by atoms with Gasteiger partial charge in [0.15, 0.2) is 0 Å². The number of nitrogens with zero attached hydrogens (tertiary/aromatic N) is 1. The van der Waals surface area contributed by atoms with Crippen LogP contribution in [0.3, 0.4) is 0 Å². The number of aromatic hydroxyl groups is 1. The van der Waals surface area contributed by atoms with E-state index in [4.69, 9.17) is 5.73 Å². The van der Waals surface area contributed by atoms with Gasteiger partial charge in [-0.3, -0.25) is 4.90 Å². The molecule has 1 aromatic carbocycles. The molecule has 1 aromatic rings. The summed E-state index contributed by atoms with van der Waals surface area (Å²) in [6, 6.07) is 8.94. The van der Waals surface area contributed by atoms with E-state index in [1.54, 1.807) is 12.1 Å². The molecule has 0 spiro atoms. The van der Waals surface area contributed by atoms with Crippen molar-refractivity contribution in [1.82, 2.24) is 4.90 Å². The third-order valence-corrected chi connectivity index (χ3v) is 4.30. The summed E-state index contributed by atoms with van der Waals surface area (Å²) in [6.45, 7) is 2.22. The van der Waals surface area contributed by atoms with Gasteiger partial charge in [-0.25, -0.2) is 0 Å². The summed E-state index contributed by atoms with van der Waals surface area (Å²) in [5.74, 6) is 0.331. The van der Waals surface area contributed by atoms with Crippen molar-refractivity contribution in [3.05, 3.63) is 29.8 Å². The Hall–Kier alpha value is -1.06. The van der Waals surface area contributed by atoms with Gasteiger partial charge in [0.25, 0.3) is 0 Å². The summed E-state index contributed by atoms with van der Waals surface area (Å²) in [7, 11) is 2.19. The molecule has 3 heteroatoms. The average molecular weight is 248 g/mol. The number of rotatable bonds is 3. The Bertz CT molecular complexity index is 369. The third kappa shape index (κ3) is 3.03. The lowest BCUT2D eigenvalue weighted by atomic mass is 9.90. The number of hydrogen-bond donors (Lipinski definition) is 2. The van der Waals surface area contributed by atoms with Gasteiger partial charge in [0.2, 0.25) is 0 Å². The first-order valence-electron chi connectivity index (χ1n) is 6.84. The SMILES string of the molecule is CC(c1ccc(O)cc1)N(C)C1CCC(N)CC1. The van der Waals surface area contributed by atoms with Crippen molar-refractivity contribution in [3.63, 3.8) is 0 Å². The van der Waals surface area contributed by atoms with Gasteiger partial charge in [-0.1, -0.05) is 12.1 Å². The van der Waals surface area contributed by atoms with E-state index in [0.717, 1.165) is 12.8 Å². The lowest BCUT2D eigenvalue weighted by Crippen LogP contribution is -2.39. The average Bonchev–Trinajstić information content (AvgIpc) is 2.39. The van der Waals surface area contributed by atoms with Crippen LogP contribution in [0.1, 0.15) is 44.2 Å². The van der Waals surface area contributed by atoms with Crippen LogP contribution in [0.4, 0.5) is 0 Å². The molecule has 0 amide bonds. The topological polar surface area (TPSA) is 49.5 Å². The van der Waals surface area contributed by atoms with Gasteiger partial charge < -0.3 is 10.8 Å². The summed E-state index contributed by atoms with van der Waals surface area (Å²) in [5, 5.41) is 9.33. The molecule has 1 aliphatic rings. The second kappa shape index (κ2) is 5.72. The molecule has 0 aliphatic heterocycles. The molecule has 3 N–H and O–H groups in total. The fourth-order valence-corrected chi connectivity index (χ4v) is 2.81. The lowest BCUT2D eigenvalue weighted by Gasteiger charge is -2.37. The highest BCUT2D eigenvalue weighted by molar-refractivity contribution is 5.27. The molecule has 1 aliphatic carbocycles. The molecule has 3 nitrogen and oxygen atoms in total. The van der Waals surface area contributed by atoms with E-state index in [1.165, 1.54) is 18.4 Å². The lowest BCUT2D eigenvalue weighted by molar-refractivity contribution is 0.140. The molecule has 1 saturated carbocycles. The zero-order valence-corrected chi connectivity index (χ0v) is 11.3. The van der Waals surface area contributed by atoms with E-state index in [1.807, 2.05) is 12.1 Å². The van der Waals surface area contributed by atoms with Gasteiger partial charge in [0.05, 0.1) is 0 Å². The Labute approximate surface area is 110 Å². The van der Waals surface area contributed by atoms with Crippen molar-refractivity contribution in [2.24, 2.45) is 5.73 Å². The Kier molecular flexibility index (Phi) is 4.25. The number of phenolic OH excluding ortho intramolecular Hbond substituents is 1. The predicted octanol–water partition coefficient (Wildman–Crippen LogP) is 2.65. The smallest absolute Gasteiger partial charge is 0.115 e. The highest BCUT2D eigenvalue weighted by Gasteiger charge is 2.25. The van der Waals surface area contributed by atoms with Crippen LogP contribution < -0.4 is 5.73 Å². The van der Waals surface area contributed by atoms with Crippen LogP contribution in [0, 0.1) is 0 Å². The fraction of sp³-hybridized carbons (Fsp3) is 0.600. The van der Waals surface area contributed by atoms with Crippen molar-refractivity contribution in [2.75, 3.05) is 7.05 Å². The summed E-state index contributed by atoms with van der Waals surface area (Å²) in [6.07, 6.45) is 4.66.